The summed E-state index contributed by atoms with van der Waals surface area (Å²) < 4.78 is 0. The normalized spacial score (nSPS) is 18.3. The molecule has 0 radical (unpaired) electrons. The van der Waals surface area contributed by atoms with Gasteiger partial charge in [0.25, 0.3) is 0 Å². The number of hydrogen-bond donors (Lipinski definition) is 0. The standard InChI is InChI=1S/C31H22N2O2/c34-29-25-18-10-11-19-26(25)30(35)31(29)28(23-14-6-2-7-15-23)27(21-20-22-12-4-1-5-13-22)32-33(31)24-16-8-3-9-17-24/h1-21,28H/b21-20+. The first-order valence-electron chi connectivity index (χ1n) is 11.6. The smallest absolute Gasteiger partial charge is 0.201 e. The number of fused-ring (bicyclic) bond motifs is 1. The zero-order valence-electron chi connectivity index (χ0n) is 18.9. The lowest BCUT2D eigenvalue weighted by Gasteiger charge is -2.36. The summed E-state index contributed by atoms with van der Waals surface area (Å²) >= 11 is 0. The Labute approximate surface area is 203 Å². The van der Waals surface area contributed by atoms with E-state index >= 15 is 0 Å². The monoisotopic (exact) mass is 454 g/mol. The number of hydrazone groups is 1. The van der Waals surface area contributed by atoms with Gasteiger partial charge < -0.3 is 0 Å². The first kappa shape index (κ1) is 21.0. The number of benzene rings is 4. The first-order chi connectivity index (χ1) is 17.2. The van der Waals surface area contributed by atoms with E-state index in [1.807, 2.05) is 103 Å². The highest BCUT2D eigenvalue weighted by molar-refractivity contribution is 6.38. The van der Waals surface area contributed by atoms with E-state index in [9.17, 15) is 9.59 Å². The second-order valence-corrected chi connectivity index (χ2v) is 8.73. The summed E-state index contributed by atoms with van der Waals surface area (Å²) in [5.74, 6) is -1.01. The minimum Gasteiger partial charge on any atom is -0.291 e. The molecule has 1 heterocycles. The van der Waals surface area contributed by atoms with E-state index in [0.29, 0.717) is 22.5 Å². The van der Waals surface area contributed by atoms with Gasteiger partial charge in [-0.2, -0.15) is 5.10 Å². The fourth-order valence-corrected chi connectivity index (χ4v) is 5.20. The molecule has 4 aromatic carbocycles. The lowest BCUT2D eigenvalue weighted by atomic mass is 9.73. The average Bonchev–Trinajstić information content (AvgIpc) is 3.38. The highest BCUT2D eigenvalue weighted by atomic mass is 16.2. The fraction of sp³-hybridized carbons (Fsp3) is 0.0645. The lowest BCUT2D eigenvalue weighted by Crippen LogP contribution is -2.56. The van der Waals surface area contributed by atoms with E-state index in [0.717, 1.165) is 11.1 Å². The summed E-state index contributed by atoms with van der Waals surface area (Å²) in [7, 11) is 0. The van der Waals surface area contributed by atoms with Crippen molar-refractivity contribution in [2.24, 2.45) is 5.10 Å². The molecule has 1 unspecified atom stereocenters. The molecule has 2 aliphatic rings. The topological polar surface area (TPSA) is 49.7 Å². The number of carbonyl (C=O) groups excluding carboxylic acids is 2. The van der Waals surface area contributed by atoms with Crippen molar-refractivity contribution in [3.63, 3.8) is 0 Å². The fourth-order valence-electron chi connectivity index (χ4n) is 5.20. The Morgan fingerprint density at radius 2 is 1.14 bits per heavy atom. The Hall–Kier alpha value is -4.57. The number of nitrogens with zero attached hydrogens (tertiary/aromatic N) is 2. The molecule has 168 valence electrons. The van der Waals surface area contributed by atoms with Gasteiger partial charge in [-0.3, -0.25) is 9.59 Å². The molecule has 35 heavy (non-hydrogen) atoms. The molecule has 0 bridgehead atoms. The van der Waals surface area contributed by atoms with Crippen molar-refractivity contribution in [2.75, 3.05) is 5.01 Å². The van der Waals surface area contributed by atoms with E-state index in [2.05, 4.69) is 0 Å². The van der Waals surface area contributed by atoms with Crippen molar-refractivity contribution in [1.82, 2.24) is 0 Å². The minimum absolute atomic E-state index is 0.220. The van der Waals surface area contributed by atoms with Gasteiger partial charge in [0.1, 0.15) is 0 Å². The highest BCUT2D eigenvalue weighted by Crippen LogP contribution is 2.50. The number of ketones is 2. The second-order valence-electron chi connectivity index (χ2n) is 8.73. The van der Waals surface area contributed by atoms with Crippen LogP contribution in [0.5, 0.6) is 0 Å². The van der Waals surface area contributed by atoms with E-state index in [1.54, 1.807) is 29.3 Å². The van der Waals surface area contributed by atoms with E-state index in [4.69, 9.17) is 5.10 Å². The molecular formula is C31H22N2O2. The molecule has 0 saturated carbocycles. The number of Topliss-reactive ketones (excluding diaryl/α,β-unsaturated/α-hetero) is 2. The Balaban J connectivity index is 1.60. The number of allylic oxidation sites excluding steroid dienone is 1. The van der Waals surface area contributed by atoms with Crippen LogP contribution >= 0.6 is 0 Å². The molecule has 4 heteroatoms. The van der Waals surface area contributed by atoms with Gasteiger partial charge in [0.05, 0.1) is 17.3 Å². The second kappa shape index (κ2) is 8.33. The number of para-hydroxylation sites is 1. The number of hydrogen-bond acceptors (Lipinski definition) is 4. The number of anilines is 1. The van der Waals surface area contributed by atoms with E-state index in [-0.39, 0.29) is 11.6 Å². The Morgan fingerprint density at radius 1 is 0.629 bits per heavy atom. The molecule has 0 aromatic heterocycles. The minimum atomic E-state index is -1.53. The molecule has 0 amide bonds. The maximum absolute atomic E-state index is 14.3. The van der Waals surface area contributed by atoms with Crippen LogP contribution in [-0.4, -0.2) is 22.8 Å². The van der Waals surface area contributed by atoms with Crippen LogP contribution in [0.3, 0.4) is 0 Å². The molecular weight excluding hydrogens is 432 g/mol. The van der Waals surface area contributed by atoms with Gasteiger partial charge in [-0.25, -0.2) is 5.01 Å². The molecule has 4 aromatic rings. The zero-order chi connectivity index (χ0) is 23.8. The van der Waals surface area contributed by atoms with Crippen molar-refractivity contribution in [2.45, 2.75) is 11.5 Å². The number of rotatable bonds is 4. The van der Waals surface area contributed by atoms with Crippen LogP contribution in [0.4, 0.5) is 5.69 Å². The average molecular weight is 455 g/mol. The van der Waals surface area contributed by atoms with Crippen molar-refractivity contribution >= 4 is 29.0 Å². The Kier molecular flexibility index (Phi) is 5.00. The number of carbonyl (C=O) groups is 2. The zero-order valence-corrected chi connectivity index (χ0v) is 18.9. The quantitative estimate of drug-likeness (QED) is 0.346. The predicted molar refractivity (Wildman–Crippen MR) is 139 cm³/mol. The van der Waals surface area contributed by atoms with E-state index in [1.165, 1.54) is 0 Å². The predicted octanol–water partition coefficient (Wildman–Crippen LogP) is 6.18. The molecule has 1 aliphatic heterocycles. The third-order valence-corrected chi connectivity index (χ3v) is 6.75. The summed E-state index contributed by atoms with van der Waals surface area (Å²) in [5, 5.41) is 6.62. The van der Waals surface area contributed by atoms with Crippen molar-refractivity contribution < 1.29 is 9.59 Å². The largest absolute Gasteiger partial charge is 0.291 e. The molecule has 0 fully saturated rings. The molecule has 1 aliphatic carbocycles. The summed E-state index contributed by atoms with van der Waals surface area (Å²) in [4.78, 5) is 28.5. The van der Waals surface area contributed by atoms with Gasteiger partial charge >= 0.3 is 0 Å². The summed E-state index contributed by atoms with van der Waals surface area (Å²) in [6.45, 7) is 0. The van der Waals surface area contributed by atoms with Crippen LogP contribution in [0.1, 0.15) is 37.8 Å². The maximum atomic E-state index is 14.3. The third kappa shape index (κ3) is 3.18. The van der Waals surface area contributed by atoms with Gasteiger partial charge in [0.2, 0.25) is 5.54 Å². The molecule has 4 nitrogen and oxygen atoms in total. The molecule has 1 atom stereocenters. The Morgan fingerprint density at radius 3 is 1.74 bits per heavy atom. The summed E-state index contributed by atoms with van der Waals surface area (Å²) in [5.41, 5.74) is 2.62. The highest BCUT2D eigenvalue weighted by Gasteiger charge is 2.66. The van der Waals surface area contributed by atoms with Crippen molar-refractivity contribution in [1.29, 1.82) is 0 Å². The van der Waals surface area contributed by atoms with Crippen LogP contribution in [0.25, 0.3) is 6.08 Å². The van der Waals surface area contributed by atoms with Crippen LogP contribution in [0.2, 0.25) is 0 Å². The molecule has 0 saturated heterocycles. The van der Waals surface area contributed by atoms with E-state index < -0.39 is 11.5 Å². The molecule has 1 spiro atoms. The SMILES string of the molecule is O=C1c2ccccc2C(=O)C12C(c1ccccc1)C(/C=C/c1ccccc1)=NN2c1ccccc1. The maximum Gasteiger partial charge on any atom is 0.201 e. The van der Waals surface area contributed by atoms with Crippen molar-refractivity contribution in [3.8, 4) is 0 Å². The first-order valence-corrected chi connectivity index (χ1v) is 11.6. The lowest BCUT2D eigenvalue weighted by molar-refractivity contribution is 0.0791. The van der Waals surface area contributed by atoms with Gasteiger partial charge in [-0.15, -0.1) is 0 Å². The third-order valence-electron chi connectivity index (χ3n) is 6.75. The van der Waals surface area contributed by atoms with Gasteiger partial charge in [-0.05, 0) is 29.3 Å². The van der Waals surface area contributed by atoms with Gasteiger partial charge in [0, 0.05) is 11.1 Å². The van der Waals surface area contributed by atoms with Crippen LogP contribution in [0, 0.1) is 0 Å². The van der Waals surface area contributed by atoms with Crippen LogP contribution in [-0.2, 0) is 0 Å². The summed E-state index contributed by atoms with van der Waals surface area (Å²) in [6, 6.07) is 36.3. The van der Waals surface area contributed by atoms with Gasteiger partial charge in [0.15, 0.2) is 11.6 Å². The molecule has 6 rings (SSSR count). The molecule has 0 N–H and O–H groups in total. The Bertz CT molecular complexity index is 1440. The van der Waals surface area contributed by atoms with Crippen molar-refractivity contribution in [3.05, 3.63) is 144 Å². The van der Waals surface area contributed by atoms with Gasteiger partial charge in [-0.1, -0.05) is 109 Å². The summed E-state index contributed by atoms with van der Waals surface area (Å²) in [6.07, 6.45) is 3.91. The van der Waals surface area contributed by atoms with Crippen LogP contribution < -0.4 is 5.01 Å². The van der Waals surface area contributed by atoms with Crippen LogP contribution in [0.15, 0.2) is 126 Å².